The van der Waals surface area contributed by atoms with Gasteiger partial charge in [0.2, 0.25) is 0 Å². The van der Waals surface area contributed by atoms with Gasteiger partial charge in [0.1, 0.15) is 11.6 Å². The number of benzene rings is 2. The van der Waals surface area contributed by atoms with Gasteiger partial charge in [0.15, 0.2) is 5.78 Å². The fraction of sp³-hybridized carbons (Fsp3) is 0.316. The van der Waals surface area contributed by atoms with Crippen molar-refractivity contribution in [2.24, 2.45) is 0 Å². The predicted molar refractivity (Wildman–Crippen MR) is 91.4 cm³/mol. The van der Waals surface area contributed by atoms with Gasteiger partial charge in [0, 0.05) is 23.1 Å². The molecule has 0 radical (unpaired) electrons. The highest BCUT2D eigenvalue weighted by molar-refractivity contribution is 6.32. The first-order valence-corrected chi connectivity index (χ1v) is 8.14. The molecule has 0 spiro atoms. The molecular weight excluding hydrogens is 334 g/mol. The van der Waals surface area contributed by atoms with Crippen molar-refractivity contribution in [1.29, 1.82) is 0 Å². The lowest BCUT2D eigenvalue weighted by Gasteiger charge is -2.20. The molecule has 24 heavy (non-hydrogen) atoms. The Hall–Kier alpha value is -1.78. The Balaban J connectivity index is 2.88. The van der Waals surface area contributed by atoms with E-state index in [1.165, 1.54) is 6.92 Å². The van der Waals surface area contributed by atoms with Crippen LogP contribution in [0.5, 0.6) is 0 Å². The Morgan fingerprint density at radius 1 is 1.21 bits per heavy atom. The normalized spacial score (nSPS) is 12.3. The van der Waals surface area contributed by atoms with Gasteiger partial charge < -0.3 is 5.11 Å². The summed E-state index contributed by atoms with van der Waals surface area (Å²) >= 11 is 6.22. The average Bonchev–Trinajstić information content (AvgIpc) is 2.48. The Morgan fingerprint density at radius 2 is 1.79 bits per heavy atom. The smallest absolute Gasteiger partial charge is 0.163 e. The zero-order valence-corrected chi connectivity index (χ0v) is 14.5. The molecule has 128 valence electrons. The summed E-state index contributed by atoms with van der Waals surface area (Å²) in [4.78, 5) is 12.6. The van der Waals surface area contributed by atoms with E-state index in [-0.39, 0.29) is 17.8 Å². The van der Waals surface area contributed by atoms with Crippen LogP contribution < -0.4 is 0 Å². The van der Waals surface area contributed by atoms with E-state index in [2.05, 4.69) is 0 Å². The third-order valence-corrected chi connectivity index (χ3v) is 4.30. The number of aliphatic hydroxyl groups is 1. The lowest BCUT2D eigenvalue weighted by Crippen LogP contribution is -2.09. The summed E-state index contributed by atoms with van der Waals surface area (Å²) in [7, 11) is 0. The number of carbonyl (C=O) groups is 1. The summed E-state index contributed by atoms with van der Waals surface area (Å²) < 4.78 is 27.4. The fourth-order valence-electron chi connectivity index (χ4n) is 2.81. The van der Waals surface area contributed by atoms with E-state index in [0.29, 0.717) is 33.7 Å². The predicted octanol–water partition coefficient (Wildman–Crippen LogP) is 5.63. The van der Waals surface area contributed by atoms with Crippen LogP contribution in [-0.4, -0.2) is 10.9 Å². The molecule has 2 aromatic rings. The lowest BCUT2D eigenvalue weighted by molar-refractivity contribution is 0.0981. The second-order valence-electron chi connectivity index (χ2n) is 5.83. The highest BCUT2D eigenvalue weighted by Gasteiger charge is 2.23. The minimum atomic E-state index is -0.947. The van der Waals surface area contributed by atoms with E-state index in [1.54, 1.807) is 13.0 Å². The average molecular weight is 353 g/mol. The maximum Gasteiger partial charge on any atom is 0.163 e. The third kappa shape index (κ3) is 3.65. The van der Waals surface area contributed by atoms with Gasteiger partial charge in [-0.25, -0.2) is 8.78 Å². The highest BCUT2D eigenvalue weighted by Crippen LogP contribution is 2.38. The molecule has 2 rings (SSSR count). The van der Waals surface area contributed by atoms with Crippen LogP contribution in [0, 0.1) is 18.6 Å². The highest BCUT2D eigenvalue weighted by atomic mass is 35.5. The van der Waals surface area contributed by atoms with E-state index in [9.17, 15) is 18.7 Å². The molecule has 0 saturated carbocycles. The van der Waals surface area contributed by atoms with Gasteiger partial charge in [-0.1, -0.05) is 18.5 Å². The Labute approximate surface area is 145 Å². The standard InChI is InChI=1S/C19H19ClF2O2/c1-4-5-17(24)18-10(2)16(20)9-15(11(3)23)19(18)12-6-13(21)8-14(22)7-12/h6-9,11,23H,4-5H2,1-3H3. The molecule has 0 heterocycles. The Kier molecular flexibility index (Phi) is 5.73. The van der Waals surface area contributed by atoms with Crippen molar-refractivity contribution in [2.45, 2.75) is 39.7 Å². The van der Waals surface area contributed by atoms with Crippen molar-refractivity contribution in [1.82, 2.24) is 0 Å². The molecule has 5 heteroatoms. The molecule has 2 aromatic carbocycles. The van der Waals surface area contributed by atoms with Gasteiger partial charge in [-0.3, -0.25) is 4.79 Å². The van der Waals surface area contributed by atoms with Crippen molar-refractivity contribution in [3.8, 4) is 11.1 Å². The first-order valence-electron chi connectivity index (χ1n) is 7.77. The summed E-state index contributed by atoms with van der Waals surface area (Å²) in [6.07, 6.45) is -0.0330. The molecule has 1 N–H and O–H groups in total. The van der Waals surface area contributed by atoms with Gasteiger partial charge in [-0.05, 0) is 60.7 Å². The summed E-state index contributed by atoms with van der Waals surface area (Å²) in [6, 6.07) is 4.62. The van der Waals surface area contributed by atoms with E-state index in [0.717, 1.165) is 18.2 Å². The Bertz CT molecular complexity index is 765. The van der Waals surface area contributed by atoms with Crippen LogP contribution in [0.2, 0.25) is 5.02 Å². The van der Waals surface area contributed by atoms with Crippen LogP contribution >= 0.6 is 11.6 Å². The van der Waals surface area contributed by atoms with Crippen molar-refractivity contribution >= 4 is 17.4 Å². The molecule has 0 aliphatic carbocycles. The molecule has 0 fully saturated rings. The SMILES string of the molecule is CCCC(=O)c1c(C)c(Cl)cc(C(C)O)c1-c1cc(F)cc(F)c1. The second-order valence-corrected chi connectivity index (χ2v) is 6.24. The van der Waals surface area contributed by atoms with Crippen molar-refractivity contribution in [3.05, 3.63) is 57.6 Å². The molecule has 0 aromatic heterocycles. The van der Waals surface area contributed by atoms with E-state index < -0.39 is 17.7 Å². The van der Waals surface area contributed by atoms with Gasteiger partial charge in [-0.2, -0.15) is 0 Å². The first-order chi connectivity index (χ1) is 11.3. The number of hydrogen-bond donors (Lipinski definition) is 1. The molecule has 0 saturated heterocycles. The number of Topliss-reactive ketones (excluding diaryl/α,β-unsaturated/α-hetero) is 1. The fourth-order valence-corrected chi connectivity index (χ4v) is 3.02. The van der Waals surface area contributed by atoms with Gasteiger partial charge in [0.05, 0.1) is 6.10 Å². The molecule has 0 aliphatic heterocycles. The minimum absolute atomic E-state index is 0.168. The summed E-state index contributed by atoms with van der Waals surface area (Å²) in [6.45, 7) is 5.08. The van der Waals surface area contributed by atoms with Crippen LogP contribution in [-0.2, 0) is 0 Å². The van der Waals surface area contributed by atoms with Crippen molar-refractivity contribution in [3.63, 3.8) is 0 Å². The lowest BCUT2D eigenvalue weighted by atomic mass is 9.86. The topological polar surface area (TPSA) is 37.3 Å². The van der Waals surface area contributed by atoms with Gasteiger partial charge in [0.25, 0.3) is 0 Å². The van der Waals surface area contributed by atoms with Crippen molar-refractivity contribution in [2.75, 3.05) is 0 Å². The molecule has 0 amide bonds. The van der Waals surface area contributed by atoms with Gasteiger partial charge >= 0.3 is 0 Å². The van der Waals surface area contributed by atoms with Crippen LogP contribution in [0.25, 0.3) is 11.1 Å². The molecule has 1 atom stereocenters. The number of halogens is 3. The number of hydrogen-bond acceptors (Lipinski definition) is 2. The summed E-state index contributed by atoms with van der Waals surface area (Å²) in [5.74, 6) is -1.66. The van der Waals surface area contributed by atoms with Crippen LogP contribution in [0.1, 0.15) is 54.3 Å². The van der Waals surface area contributed by atoms with Gasteiger partial charge in [-0.15, -0.1) is 0 Å². The maximum atomic E-state index is 13.7. The minimum Gasteiger partial charge on any atom is -0.389 e. The Morgan fingerprint density at radius 3 is 2.29 bits per heavy atom. The zero-order chi connectivity index (χ0) is 18.0. The molecule has 0 aliphatic rings. The largest absolute Gasteiger partial charge is 0.389 e. The van der Waals surface area contributed by atoms with E-state index >= 15 is 0 Å². The van der Waals surface area contributed by atoms with E-state index in [4.69, 9.17) is 11.6 Å². The summed E-state index contributed by atoms with van der Waals surface area (Å²) in [5, 5.41) is 10.4. The number of carbonyl (C=O) groups excluding carboxylic acids is 1. The molecule has 2 nitrogen and oxygen atoms in total. The van der Waals surface area contributed by atoms with E-state index in [1.807, 2.05) is 6.92 Å². The number of rotatable bonds is 5. The molecule has 0 bridgehead atoms. The quantitative estimate of drug-likeness (QED) is 0.708. The van der Waals surface area contributed by atoms with Crippen LogP contribution in [0.4, 0.5) is 8.78 Å². The van der Waals surface area contributed by atoms with Crippen LogP contribution in [0.15, 0.2) is 24.3 Å². The maximum absolute atomic E-state index is 13.7. The monoisotopic (exact) mass is 352 g/mol. The first kappa shape index (κ1) is 18.6. The molecule has 1 unspecified atom stereocenters. The second kappa shape index (κ2) is 7.41. The third-order valence-electron chi connectivity index (χ3n) is 3.91. The van der Waals surface area contributed by atoms with Crippen LogP contribution in [0.3, 0.4) is 0 Å². The number of aliphatic hydroxyl groups excluding tert-OH is 1. The molecular formula is C19H19ClF2O2. The zero-order valence-electron chi connectivity index (χ0n) is 13.8. The number of ketones is 1. The summed E-state index contributed by atoms with van der Waals surface area (Å²) in [5.41, 5.74) is 1.77. The van der Waals surface area contributed by atoms with Crippen molar-refractivity contribution < 1.29 is 18.7 Å².